The van der Waals surface area contributed by atoms with Crippen LogP contribution in [0.15, 0.2) is 0 Å². The summed E-state index contributed by atoms with van der Waals surface area (Å²) in [5, 5.41) is 0. The molecule has 0 aromatic rings. The van der Waals surface area contributed by atoms with E-state index in [4.69, 9.17) is 0 Å². The summed E-state index contributed by atoms with van der Waals surface area (Å²) in [6.07, 6.45) is 8.60. The molecule has 2 rings (SSSR count). The van der Waals surface area contributed by atoms with Crippen LogP contribution in [0.25, 0.3) is 0 Å². The van der Waals surface area contributed by atoms with Crippen molar-refractivity contribution in [1.82, 2.24) is 4.90 Å². The molecular formula is C14H27N. The van der Waals surface area contributed by atoms with E-state index in [9.17, 15) is 0 Å². The topological polar surface area (TPSA) is 3.24 Å². The van der Waals surface area contributed by atoms with Crippen molar-refractivity contribution in [3.63, 3.8) is 0 Å². The lowest BCUT2D eigenvalue weighted by molar-refractivity contribution is 0.0268. The van der Waals surface area contributed by atoms with Gasteiger partial charge in [-0.3, -0.25) is 4.90 Å². The molecule has 0 radical (unpaired) electrons. The van der Waals surface area contributed by atoms with E-state index in [2.05, 4.69) is 25.7 Å². The molecule has 1 heteroatoms. The fraction of sp³-hybridized carbons (Fsp3) is 1.00. The van der Waals surface area contributed by atoms with Gasteiger partial charge in [0.25, 0.3) is 0 Å². The Labute approximate surface area is 95.2 Å². The molecule has 0 spiro atoms. The van der Waals surface area contributed by atoms with Gasteiger partial charge in [0.05, 0.1) is 0 Å². The fourth-order valence-electron chi connectivity index (χ4n) is 3.25. The predicted octanol–water partition coefficient (Wildman–Crippen LogP) is 3.69. The molecule has 2 fully saturated rings. The van der Waals surface area contributed by atoms with Gasteiger partial charge in [-0.15, -0.1) is 0 Å². The molecule has 1 heterocycles. The van der Waals surface area contributed by atoms with E-state index in [0.29, 0.717) is 5.54 Å². The molecule has 0 aromatic carbocycles. The Bertz CT molecular complexity index is 195. The standard InChI is InChI=1S/C14H27N/c1-12-4-8-14(3,9-5-12)15-10-6-13(2)7-11-15/h12-13H,4-11H2,1-3H3. The molecule has 15 heavy (non-hydrogen) atoms. The van der Waals surface area contributed by atoms with Crippen LogP contribution in [0.4, 0.5) is 0 Å². The first-order valence-electron chi connectivity index (χ1n) is 6.85. The van der Waals surface area contributed by atoms with E-state index in [0.717, 1.165) is 11.8 Å². The van der Waals surface area contributed by atoms with Crippen molar-refractivity contribution in [3.05, 3.63) is 0 Å². The van der Waals surface area contributed by atoms with Gasteiger partial charge in [0.15, 0.2) is 0 Å². The molecular weight excluding hydrogens is 182 g/mol. The predicted molar refractivity (Wildman–Crippen MR) is 66.0 cm³/mol. The summed E-state index contributed by atoms with van der Waals surface area (Å²) in [6.45, 7) is 10.0. The molecule has 0 aromatic heterocycles. The number of rotatable bonds is 1. The molecule has 0 N–H and O–H groups in total. The Morgan fingerprint density at radius 3 is 1.87 bits per heavy atom. The van der Waals surface area contributed by atoms with Crippen LogP contribution in [-0.2, 0) is 0 Å². The lowest BCUT2D eigenvalue weighted by Crippen LogP contribution is -2.51. The highest BCUT2D eigenvalue weighted by Gasteiger charge is 2.36. The minimum atomic E-state index is 0.548. The maximum absolute atomic E-state index is 2.79. The number of piperidine rings is 1. The maximum atomic E-state index is 2.79. The van der Waals surface area contributed by atoms with Crippen LogP contribution in [0, 0.1) is 11.8 Å². The smallest absolute Gasteiger partial charge is 0.0181 e. The summed E-state index contributed by atoms with van der Waals surface area (Å²) in [5.41, 5.74) is 0.548. The summed E-state index contributed by atoms with van der Waals surface area (Å²) < 4.78 is 0. The highest BCUT2D eigenvalue weighted by molar-refractivity contribution is 4.92. The van der Waals surface area contributed by atoms with Crippen molar-refractivity contribution < 1.29 is 0 Å². The molecule has 1 aliphatic carbocycles. The van der Waals surface area contributed by atoms with Gasteiger partial charge in [0.2, 0.25) is 0 Å². The molecule has 0 bridgehead atoms. The molecule has 2 aliphatic rings. The highest BCUT2D eigenvalue weighted by atomic mass is 15.2. The van der Waals surface area contributed by atoms with E-state index >= 15 is 0 Å². The van der Waals surface area contributed by atoms with Gasteiger partial charge < -0.3 is 0 Å². The lowest BCUT2D eigenvalue weighted by atomic mass is 9.76. The Balaban J connectivity index is 1.91. The third-order valence-corrected chi connectivity index (χ3v) is 4.90. The van der Waals surface area contributed by atoms with Crippen LogP contribution in [0.5, 0.6) is 0 Å². The second kappa shape index (κ2) is 4.45. The highest BCUT2D eigenvalue weighted by Crippen LogP contribution is 2.37. The van der Waals surface area contributed by atoms with E-state index in [-0.39, 0.29) is 0 Å². The first kappa shape index (κ1) is 11.4. The number of nitrogens with zero attached hydrogens (tertiary/aromatic N) is 1. The van der Waals surface area contributed by atoms with Crippen LogP contribution < -0.4 is 0 Å². The van der Waals surface area contributed by atoms with Gasteiger partial charge in [-0.25, -0.2) is 0 Å². The number of likely N-dealkylation sites (tertiary alicyclic amines) is 1. The van der Waals surface area contributed by atoms with Gasteiger partial charge in [0.1, 0.15) is 0 Å². The Hall–Kier alpha value is -0.0400. The fourth-order valence-corrected chi connectivity index (χ4v) is 3.25. The van der Waals surface area contributed by atoms with Gasteiger partial charge >= 0.3 is 0 Å². The normalized spacial score (nSPS) is 40.6. The molecule has 88 valence electrons. The minimum Gasteiger partial charge on any atom is -0.298 e. The Kier molecular flexibility index (Phi) is 3.39. The van der Waals surface area contributed by atoms with E-state index in [1.54, 1.807) is 0 Å². The van der Waals surface area contributed by atoms with Crippen LogP contribution >= 0.6 is 0 Å². The Morgan fingerprint density at radius 2 is 1.33 bits per heavy atom. The van der Waals surface area contributed by atoms with Gasteiger partial charge in [-0.05, 0) is 70.4 Å². The zero-order valence-electron chi connectivity index (χ0n) is 10.8. The zero-order valence-corrected chi connectivity index (χ0v) is 10.8. The average Bonchev–Trinajstić information content (AvgIpc) is 2.24. The molecule has 0 atom stereocenters. The summed E-state index contributed by atoms with van der Waals surface area (Å²) in [7, 11) is 0. The molecule has 1 saturated carbocycles. The molecule has 0 amide bonds. The third kappa shape index (κ3) is 2.55. The molecule has 1 saturated heterocycles. The number of hydrogen-bond donors (Lipinski definition) is 0. The summed E-state index contributed by atoms with van der Waals surface area (Å²) in [6, 6.07) is 0. The van der Waals surface area contributed by atoms with Gasteiger partial charge in [-0.2, -0.15) is 0 Å². The quantitative estimate of drug-likeness (QED) is 0.636. The van der Waals surface area contributed by atoms with E-state index in [1.807, 2.05) is 0 Å². The summed E-state index contributed by atoms with van der Waals surface area (Å²) in [5.74, 6) is 1.94. The summed E-state index contributed by atoms with van der Waals surface area (Å²) >= 11 is 0. The average molecular weight is 209 g/mol. The lowest BCUT2D eigenvalue weighted by Gasteiger charge is -2.48. The first-order chi connectivity index (χ1) is 7.10. The Morgan fingerprint density at radius 1 is 0.867 bits per heavy atom. The van der Waals surface area contributed by atoms with Crippen LogP contribution in [0.3, 0.4) is 0 Å². The second-order valence-corrected chi connectivity index (χ2v) is 6.35. The minimum absolute atomic E-state index is 0.548. The van der Waals surface area contributed by atoms with Crippen molar-refractivity contribution in [3.8, 4) is 0 Å². The van der Waals surface area contributed by atoms with Crippen molar-refractivity contribution in [2.45, 2.75) is 64.8 Å². The molecule has 1 aliphatic heterocycles. The SMILES string of the molecule is CC1CCN(C2(C)CCC(C)CC2)CC1. The van der Waals surface area contributed by atoms with Crippen LogP contribution in [0.2, 0.25) is 0 Å². The monoisotopic (exact) mass is 209 g/mol. The summed E-state index contributed by atoms with van der Waals surface area (Å²) in [4.78, 5) is 2.79. The zero-order chi connectivity index (χ0) is 10.9. The van der Waals surface area contributed by atoms with Crippen LogP contribution in [0.1, 0.15) is 59.3 Å². The largest absolute Gasteiger partial charge is 0.298 e. The van der Waals surface area contributed by atoms with Crippen molar-refractivity contribution >= 4 is 0 Å². The van der Waals surface area contributed by atoms with E-state index in [1.165, 1.54) is 51.6 Å². The maximum Gasteiger partial charge on any atom is 0.0181 e. The van der Waals surface area contributed by atoms with Gasteiger partial charge in [0, 0.05) is 5.54 Å². The molecule has 1 nitrogen and oxygen atoms in total. The van der Waals surface area contributed by atoms with Crippen molar-refractivity contribution in [2.75, 3.05) is 13.1 Å². The van der Waals surface area contributed by atoms with E-state index < -0.39 is 0 Å². The van der Waals surface area contributed by atoms with Crippen molar-refractivity contribution in [2.24, 2.45) is 11.8 Å². The number of hydrogen-bond acceptors (Lipinski definition) is 1. The third-order valence-electron chi connectivity index (χ3n) is 4.90. The van der Waals surface area contributed by atoms with Gasteiger partial charge in [-0.1, -0.05) is 13.8 Å². The second-order valence-electron chi connectivity index (χ2n) is 6.35. The first-order valence-corrected chi connectivity index (χ1v) is 6.85. The molecule has 0 unspecified atom stereocenters. The van der Waals surface area contributed by atoms with Crippen LogP contribution in [-0.4, -0.2) is 23.5 Å². The van der Waals surface area contributed by atoms with Crippen molar-refractivity contribution in [1.29, 1.82) is 0 Å².